The average Bonchev–Trinajstić information content (AvgIpc) is 3.17. The number of hydrogen-bond acceptors (Lipinski definition) is 2. The van der Waals surface area contributed by atoms with Crippen molar-refractivity contribution in [2.24, 2.45) is 0 Å². The summed E-state index contributed by atoms with van der Waals surface area (Å²) in [5.41, 5.74) is 11.8. The second-order valence-electron chi connectivity index (χ2n) is 10.7. The molecule has 0 bridgehead atoms. The van der Waals surface area contributed by atoms with Gasteiger partial charge in [-0.05, 0) is 64.8 Å². The van der Waals surface area contributed by atoms with Gasteiger partial charge in [-0.3, -0.25) is 0 Å². The number of anilines is 3. The molecule has 1 aromatic heterocycles. The summed E-state index contributed by atoms with van der Waals surface area (Å²) in [6.45, 7) is 7.75. The van der Waals surface area contributed by atoms with Crippen LogP contribution in [0.5, 0.6) is 0 Å². The van der Waals surface area contributed by atoms with E-state index < -0.39 is 0 Å². The first kappa shape index (κ1) is 33.8. The van der Waals surface area contributed by atoms with E-state index in [4.69, 9.17) is 0 Å². The zero-order valence-corrected chi connectivity index (χ0v) is 28.8. The maximum Gasteiger partial charge on any atom is 3.00 e. The summed E-state index contributed by atoms with van der Waals surface area (Å²) >= 11 is 0. The number of pyridine rings is 1. The molecule has 2 nitrogen and oxygen atoms in total. The van der Waals surface area contributed by atoms with Crippen LogP contribution in [0.1, 0.15) is 11.1 Å². The Morgan fingerprint density at radius 2 is 0.979 bits per heavy atom. The molecule has 7 aromatic rings. The molecule has 0 aliphatic carbocycles. The van der Waals surface area contributed by atoms with Gasteiger partial charge in [-0.15, -0.1) is 47.5 Å². The summed E-state index contributed by atoms with van der Waals surface area (Å²) in [4.78, 5) is 6.71. The molecule has 0 amide bonds. The summed E-state index contributed by atoms with van der Waals surface area (Å²) in [5, 5.41) is 0. The Bertz CT molecular complexity index is 1930. The van der Waals surface area contributed by atoms with Gasteiger partial charge in [0.15, 0.2) is 0 Å². The zero-order valence-electron chi connectivity index (χ0n) is 26.4. The third-order valence-corrected chi connectivity index (χ3v) is 7.68. The largest absolute Gasteiger partial charge is 3.00 e. The van der Waals surface area contributed by atoms with Crippen molar-refractivity contribution in [2.45, 2.75) is 0 Å². The number of rotatable bonds is 8. The fourth-order valence-electron chi connectivity index (χ4n) is 5.21. The zero-order chi connectivity index (χ0) is 32.3. The van der Waals surface area contributed by atoms with Gasteiger partial charge < -0.3 is 9.88 Å². The fraction of sp³-hybridized carbons (Fsp3) is 0. The van der Waals surface area contributed by atoms with E-state index in [1.807, 2.05) is 91.1 Å². The minimum absolute atomic E-state index is 0. The van der Waals surface area contributed by atoms with Gasteiger partial charge in [0.05, 0.1) is 0 Å². The van der Waals surface area contributed by atoms with Crippen molar-refractivity contribution in [3.63, 3.8) is 0 Å². The van der Waals surface area contributed by atoms with E-state index in [1.54, 1.807) is 0 Å². The van der Waals surface area contributed by atoms with Crippen LogP contribution in [0.4, 0.5) is 17.1 Å². The third kappa shape index (κ3) is 8.40. The van der Waals surface area contributed by atoms with Crippen molar-refractivity contribution in [3.05, 3.63) is 206 Å². The summed E-state index contributed by atoms with van der Waals surface area (Å²) in [6, 6.07) is 63.0. The first-order valence-corrected chi connectivity index (χ1v) is 15.4. The van der Waals surface area contributed by atoms with Crippen LogP contribution in [-0.4, -0.2) is 4.98 Å². The first-order valence-electron chi connectivity index (χ1n) is 15.4. The molecule has 0 fully saturated rings. The fourth-order valence-corrected chi connectivity index (χ4v) is 5.21. The summed E-state index contributed by atoms with van der Waals surface area (Å²) < 4.78 is 0. The molecule has 6 aromatic carbocycles. The maximum absolute atomic E-state index is 4.46. The number of nitrogens with zero attached hydrogens (tertiary/aromatic N) is 2. The topological polar surface area (TPSA) is 16.1 Å². The van der Waals surface area contributed by atoms with Crippen molar-refractivity contribution in [3.8, 4) is 33.5 Å². The molecule has 48 heavy (non-hydrogen) atoms. The van der Waals surface area contributed by atoms with Crippen LogP contribution in [0.3, 0.4) is 0 Å². The van der Waals surface area contributed by atoms with Crippen molar-refractivity contribution in [1.29, 1.82) is 0 Å². The van der Waals surface area contributed by atoms with Crippen molar-refractivity contribution >= 4 is 29.2 Å². The normalized spacial score (nSPS) is 10.1. The van der Waals surface area contributed by atoms with Gasteiger partial charge in [-0.25, -0.2) is 11.1 Å². The molecular weight excluding hydrogens is 761 g/mol. The second kappa shape index (κ2) is 16.8. The Morgan fingerprint density at radius 3 is 1.44 bits per heavy atom. The van der Waals surface area contributed by atoms with E-state index in [0.717, 1.165) is 61.7 Å². The van der Waals surface area contributed by atoms with E-state index in [-0.39, 0.29) is 20.1 Å². The van der Waals surface area contributed by atoms with Gasteiger partial charge in [0.2, 0.25) is 0 Å². The SMILES string of the molecule is C=Cc1ccc(N(c2ccc(C=C)cc2)c2ccc(-c3cc[c-]c(-c4ccccn4)c3)cc2)cc1.[Ir+3].[c-]1ccccc1-c1[c-]cccc1. The number of hydrogen-bond donors (Lipinski definition) is 0. The van der Waals surface area contributed by atoms with Crippen molar-refractivity contribution < 1.29 is 20.1 Å². The predicted molar refractivity (Wildman–Crippen MR) is 198 cm³/mol. The molecule has 0 unspecified atom stereocenters. The maximum atomic E-state index is 4.46. The number of aromatic nitrogens is 1. The molecule has 0 N–H and O–H groups in total. The molecule has 0 aliphatic heterocycles. The molecule has 7 rings (SSSR count). The van der Waals surface area contributed by atoms with Crippen LogP contribution in [0, 0.1) is 18.2 Å². The molecular formula is C45H33IrN2. The Labute approximate surface area is 297 Å². The van der Waals surface area contributed by atoms with Gasteiger partial charge in [0, 0.05) is 23.3 Å². The summed E-state index contributed by atoms with van der Waals surface area (Å²) in [5.74, 6) is 0. The molecule has 232 valence electrons. The van der Waals surface area contributed by atoms with Crippen LogP contribution in [0.15, 0.2) is 177 Å². The third-order valence-electron chi connectivity index (χ3n) is 7.68. The van der Waals surface area contributed by atoms with Gasteiger partial charge in [-0.1, -0.05) is 73.8 Å². The van der Waals surface area contributed by atoms with Crippen LogP contribution in [-0.2, 0) is 20.1 Å². The van der Waals surface area contributed by atoms with Gasteiger partial charge in [0.1, 0.15) is 0 Å². The second-order valence-corrected chi connectivity index (χ2v) is 10.7. The van der Waals surface area contributed by atoms with Crippen LogP contribution >= 0.6 is 0 Å². The molecule has 0 aliphatic rings. The van der Waals surface area contributed by atoms with Gasteiger partial charge in [0.25, 0.3) is 0 Å². The van der Waals surface area contributed by atoms with Gasteiger partial charge in [-0.2, -0.15) is 48.5 Å². The van der Waals surface area contributed by atoms with Crippen molar-refractivity contribution in [1.82, 2.24) is 4.98 Å². The average molecular weight is 794 g/mol. The first-order chi connectivity index (χ1) is 23.2. The Morgan fingerprint density at radius 1 is 0.479 bits per heavy atom. The van der Waals surface area contributed by atoms with Crippen LogP contribution in [0.2, 0.25) is 0 Å². The van der Waals surface area contributed by atoms with Crippen molar-refractivity contribution in [2.75, 3.05) is 4.90 Å². The van der Waals surface area contributed by atoms with E-state index in [1.165, 1.54) is 0 Å². The summed E-state index contributed by atoms with van der Waals surface area (Å²) in [6.07, 6.45) is 5.53. The molecule has 0 saturated carbocycles. The molecule has 1 heterocycles. The Balaban J connectivity index is 0.000000291. The van der Waals surface area contributed by atoms with E-state index in [2.05, 4.69) is 126 Å². The molecule has 0 saturated heterocycles. The minimum Gasteiger partial charge on any atom is -0.311 e. The predicted octanol–water partition coefficient (Wildman–Crippen LogP) is 11.9. The quantitative estimate of drug-likeness (QED) is 0.143. The molecule has 0 atom stereocenters. The Hall–Kier alpha value is -5.60. The smallest absolute Gasteiger partial charge is 0.311 e. The van der Waals surface area contributed by atoms with Crippen LogP contribution in [0.25, 0.3) is 45.7 Å². The molecule has 0 spiro atoms. The minimum atomic E-state index is 0. The number of benzene rings is 6. The molecule has 3 heteroatoms. The molecule has 0 radical (unpaired) electrons. The van der Waals surface area contributed by atoms with E-state index >= 15 is 0 Å². The standard InChI is InChI=1S/C33H25N2.C12H8.Ir/c1-3-25-11-17-30(18-12-25)35(31-19-13-26(4-2)14-20-31)32-21-15-27(16-22-32)28-8-7-9-29(24-28)33-10-5-6-23-34-33;1-3-7-11(8-4-1)12-9-5-2-6-10-12;/h3-8,10-24H,1-2H2;1-7,9H;/q-1;-2;+3. The van der Waals surface area contributed by atoms with E-state index in [0.29, 0.717) is 0 Å². The van der Waals surface area contributed by atoms with Gasteiger partial charge >= 0.3 is 20.1 Å². The summed E-state index contributed by atoms with van der Waals surface area (Å²) in [7, 11) is 0. The Kier molecular flexibility index (Phi) is 11.8. The van der Waals surface area contributed by atoms with Crippen LogP contribution < -0.4 is 4.90 Å². The van der Waals surface area contributed by atoms with E-state index in [9.17, 15) is 0 Å². The monoisotopic (exact) mass is 794 g/mol.